The Balaban J connectivity index is 1.53. The second kappa shape index (κ2) is 8.45. The van der Waals surface area contributed by atoms with Gasteiger partial charge in [-0.1, -0.05) is 44.2 Å². The van der Waals surface area contributed by atoms with Gasteiger partial charge in [-0.25, -0.2) is 4.79 Å². The summed E-state index contributed by atoms with van der Waals surface area (Å²) in [4.78, 5) is 15.3. The normalized spacial score (nSPS) is 17.1. The molecule has 180 valence electrons. The van der Waals surface area contributed by atoms with E-state index in [1.54, 1.807) is 0 Å². The van der Waals surface area contributed by atoms with Gasteiger partial charge in [-0.2, -0.15) is 0 Å². The quantitative estimate of drug-likeness (QED) is 0.249. The van der Waals surface area contributed by atoms with Gasteiger partial charge in [-0.05, 0) is 66.9 Å². The Bertz CT molecular complexity index is 1480. The molecule has 2 heterocycles. The Morgan fingerprint density at radius 1 is 0.806 bits per heavy atom. The number of carbonyl (C=O) groups excluding carboxylic acids is 1. The molecule has 1 spiro atoms. The molecule has 1 unspecified atom stereocenters. The number of ether oxygens (including phenoxy) is 2. The van der Waals surface area contributed by atoms with Crippen LogP contribution in [0, 0.1) is 0 Å². The van der Waals surface area contributed by atoms with Gasteiger partial charge in [0, 0.05) is 46.4 Å². The van der Waals surface area contributed by atoms with Gasteiger partial charge < -0.3 is 20.1 Å². The molecule has 5 heteroatoms. The topological polar surface area (TPSA) is 64.8 Å². The molecule has 1 atom stereocenters. The lowest BCUT2D eigenvalue weighted by molar-refractivity contribution is 0.0224. The second-order valence-corrected chi connectivity index (χ2v) is 9.33. The van der Waals surface area contributed by atoms with Crippen molar-refractivity contribution in [3.05, 3.63) is 113 Å². The number of aryl methyl sites for hydroxylation is 1. The molecule has 6 rings (SSSR count). The highest BCUT2D eigenvalue weighted by Crippen LogP contribution is 2.57. The third-order valence-electron chi connectivity index (χ3n) is 7.13. The molecule has 2 aliphatic rings. The highest BCUT2D eigenvalue weighted by molar-refractivity contribution is 5.97. The zero-order chi connectivity index (χ0) is 24.9. The van der Waals surface area contributed by atoms with Crippen LogP contribution in [0.2, 0.25) is 0 Å². The maximum absolute atomic E-state index is 13.0. The molecule has 0 aliphatic carbocycles. The second-order valence-electron chi connectivity index (χ2n) is 9.33. The maximum Gasteiger partial charge on any atom is 0.340 e. The van der Waals surface area contributed by atoms with Gasteiger partial charge in [-0.3, -0.25) is 0 Å². The van der Waals surface area contributed by atoms with E-state index in [1.165, 1.54) is 5.56 Å². The number of nitrogen functional groups attached to an aromatic ring is 1. The van der Waals surface area contributed by atoms with Crippen LogP contribution in [0.15, 0.2) is 84.9 Å². The van der Waals surface area contributed by atoms with Crippen LogP contribution < -0.4 is 15.4 Å². The number of hydrogen-bond acceptors (Lipinski definition) is 5. The summed E-state index contributed by atoms with van der Waals surface area (Å²) in [6, 6.07) is 27.9. The van der Waals surface area contributed by atoms with Crippen LogP contribution in [-0.2, 0) is 16.8 Å². The van der Waals surface area contributed by atoms with E-state index < -0.39 is 5.60 Å². The van der Waals surface area contributed by atoms with Crippen LogP contribution in [0.3, 0.4) is 0 Å². The van der Waals surface area contributed by atoms with Crippen LogP contribution in [0.4, 0.5) is 17.1 Å². The first-order chi connectivity index (χ1) is 17.5. The van der Waals surface area contributed by atoms with Crippen molar-refractivity contribution in [2.75, 3.05) is 17.2 Å². The minimum absolute atomic E-state index is 0.348. The fourth-order valence-corrected chi connectivity index (χ4v) is 5.39. The van der Waals surface area contributed by atoms with Crippen molar-refractivity contribution in [3.8, 4) is 11.5 Å². The summed E-state index contributed by atoms with van der Waals surface area (Å²) in [5, 5.41) is 0. The van der Waals surface area contributed by atoms with Crippen LogP contribution in [0.25, 0.3) is 0 Å². The summed E-state index contributed by atoms with van der Waals surface area (Å²) < 4.78 is 12.7. The maximum atomic E-state index is 13.0. The van der Waals surface area contributed by atoms with E-state index in [0.29, 0.717) is 22.7 Å². The third-order valence-corrected chi connectivity index (χ3v) is 7.13. The lowest BCUT2D eigenvalue weighted by Crippen LogP contribution is -2.33. The van der Waals surface area contributed by atoms with Crippen LogP contribution in [0.5, 0.6) is 11.5 Å². The monoisotopic (exact) mass is 476 g/mol. The fraction of sp³-hybridized carbons (Fsp3) is 0.194. The van der Waals surface area contributed by atoms with Crippen molar-refractivity contribution in [1.82, 2.24) is 0 Å². The molecule has 2 aliphatic heterocycles. The Morgan fingerprint density at radius 2 is 1.58 bits per heavy atom. The number of nitrogens with zero attached hydrogens (tertiary/aromatic N) is 1. The lowest BCUT2D eigenvalue weighted by Gasteiger charge is -2.37. The molecule has 0 amide bonds. The van der Waals surface area contributed by atoms with Gasteiger partial charge >= 0.3 is 5.97 Å². The Hall–Kier alpha value is -4.25. The number of carbonyl (C=O) groups is 1. The molecule has 0 aromatic heterocycles. The summed E-state index contributed by atoms with van der Waals surface area (Å²) in [6.07, 6.45) is 2.00. The van der Waals surface area contributed by atoms with E-state index in [1.807, 2.05) is 48.5 Å². The largest absolute Gasteiger partial charge is 0.456 e. The zero-order valence-electron chi connectivity index (χ0n) is 20.5. The van der Waals surface area contributed by atoms with E-state index in [2.05, 4.69) is 55.1 Å². The first-order valence-corrected chi connectivity index (χ1v) is 12.5. The number of benzene rings is 4. The van der Waals surface area contributed by atoms with Gasteiger partial charge in [-0.15, -0.1) is 0 Å². The third kappa shape index (κ3) is 3.27. The van der Waals surface area contributed by atoms with Crippen molar-refractivity contribution in [1.29, 1.82) is 0 Å². The van der Waals surface area contributed by atoms with E-state index >= 15 is 0 Å². The van der Waals surface area contributed by atoms with E-state index in [-0.39, 0.29) is 5.97 Å². The highest BCUT2D eigenvalue weighted by atomic mass is 16.6. The molecule has 4 aromatic carbocycles. The van der Waals surface area contributed by atoms with Gasteiger partial charge in [0.1, 0.15) is 11.5 Å². The van der Waals surface area contributed by atoms with Gasteiger partial charge in [0.15, 0.2) is 5.60 Å². The molecule has 5 nitrogen and oxygen atoms in total. The molecule has 0 saturated carbocycles. The molecule has 0 saturated heterocycles. The van der Waals surface area contributed by atoms with Crippen LogP contribution in [0.1, 0.15) is 52.9 Å². The number of hydrogen-bond donors (Lipinski definition) is 1. The predicted molar refractivity (Wildman–Crippen MR) is 142 cm³/mol. The van der Waals surface area contributed by atoms with E-state index in [4.69, 9.17) is 15.2 Å². The Morgan fingerprint density at radius 3 is 2.36 bits per heavy atom. The summed E-state index contributed by atoms with van der Waals surface area (Å²) in [5.41, 5.74) is 12.0. The Labute approximate surface area is 211 Å². The van der Waals surface area contributed by atoms with Crippen molar-refractivity contribution >= 4 is 23.0 Å². The predicted octanol–water partition coefficient (Wildman–Crippen LogP) is 6.95. The average Bonchev–Trinajstić information content (AvgIpc) is 3.20. The number of anilines is 3. The molecular weight excluding hydrogens is 448 g/mol. The van der Waals surface area contributed by atoms with E-state index in [0.717, 1.165) is 47.5 Å². The van der Waals surface area contributed by atoms with Gasteiger partial charge in [0.2, 0.25) is 0 Å². The van der Waals surface area contributed by atoms with Gasteiger partial charge in [0.25, 0.3) is 0 Å². The number of rotatable bonds is 5. The summed E-state index contributed by atoms with van der Waals surface area (Å²) in [7, 11) is 0. The molecule has 2 N–H and O–H groups in total. The van der Waals surface area contributed by atoms with Crippen molar-refractivity contribution in [2.24, 2.45) is 0 Å². The molecule has 0 bridgehead atoms. The first-order valence-electron chi connectivity index (χ1n) is 12.5. The smallest absolute Gasteiger partial charge is 0.340 e. The summed E-state index contributed by atoms with van der Waals surface area (Å²) in [5.74, 6) is 0.952. The van der Waals surface area contributed by atoms with Crippen molar-refractivity contribution in [3.63, 3.8) is 0 Å². The zero-order valence-corrected chi connectivity index (χ0v) is 20.5. The summed E-state index contributed by atoms with van der Waals surface area (Å²) >= 11 is 0. The number of fused-ring (bicyclic) bond motifs is 6. The number of nitrogens with two attached hydrogens (primary N) is 1. The average molecular weight is 477 g/mol. The van der Waals surface area contributed by atoms with Crippen molar-refractivity contribution in [2.45, 2.75) is 32.3 Å². The van der Waals surface area contributed by atoms with Crippen molar-refractivity contribution < 1.29 is 14.3 Å². The standard InChI is InChI=1S/C31H28N2O3/c1-3-17-33(22-12-9-20(4-2)10-13-22)23-14-15-26-29(19-23)35-28-16-11-21(32)18-27(28)31(26)25-8-6-5-7-24(25)30(34)36-31/h5-16,18-19H,3-4,17,32H2,1-2H3. The molecule has 0 radical (unpaired) electrons. The number of esters is 1. The lowest BCUT2D eigenvalue weighted by atomic mass is 9.77. The Kier molecular flexibility index (Phi) is 5.22. The highest BCUT2D eigenvalue weighted by Gasteiger charge is 2.53. The van der Waals surface area contributed by atoms with Gasteiger partial charge in [0.05, 0.1) is 5.56 Å². The minimum atomic E-state index is -1.11. The molecule has 0 fully saturated rings. The first kappa shape index (κ1) is 22.2. The summed E-state index contributed by atoms with van der Waals surface area (Å²) in [6.45, 7) is 5.20. The fourth-order valence-electron chi connectivity index (χ4n) is 5.39. The minimum Gasteiger partial charge on any atom is -0.456 e. The molecular formula is C31H28N2O3. The van der Waals surface area contributed by atoms with Crippen LogP contribution in [-0.4, -0.2) is 12.5 Å². The van der Waals surface area contributed by atoms with E-state index in [9.17, 15) is 4.79 Å². The molecule has 4 aromatic rings. The molecule has 36 heavy (non-hydrogen) atoms. The van der Waals surface area contributed by atoms with Crippen LogP contribution >= 0.6 is 0 Å². The SMILES string of the molecule is CCCN(c1ccc(CC)cc1)c1ccc2c(c1)Oc1ccc(N)cc1C21OC(=O)c2ccccc21.